The van der Waals surface area contributed by atoms with E-state index < -0.39 is 5.60 Å². The molecule has 0 fully saturated rings. The molecule has 0 radical (unpaired) electrons. The Morgan fingerprint density at radius 3 is 2.75 bits per heavy atom. The standard InChI is InChI=1S/C19H23N3O2/c1-19(2,3)24-18(23)22-8-6-13(7-9-22)15-10-14-11-16(20)4-5-17(14)21-12-15/h4-6,10-12H,7-9,20H2,1-3H3. The molecule has 0 atom stereocenters. The number of aromatic nitrogens is 1. The van der Waals surface area contributed by atoms with E-state index >= 15 is 0 Å². The number of ether oxygens (including phenoxy) is 1. The van der Waals surface area contributed by atoms with Crippen molar-refractivity contribution in [2.24, 2.45) is 0 Å². The molecule has 1 aromatic heterocycles. The first kappa shape index (κ1) is 16.3. The first-order chi connectivity index (χ1) is 11.3. The Labute approximate surface area is 142 Å². The topological polar surface area (TPSA) is 68.5 Å². The van der Waals surface area contributed by atoms with E-state index in [0.717, 1.165) is 28.6 Å². The number of benzene rings is 1. The van der Waals surface area contributed by atoms with E-state index in [2.05, 4.69) is 17.1 Å². The molecular formula is C19H23N3O2. The van der Waals surface area contributed by atoms with Crippen LogP contribution in [0.1, 0.15) is 32.8 Å². The number of pyridine rings is 1. The van der Waals surface area contributed by atoms with Crippen molar-refractivity contribution in [3.05, 3.63) is 42.1 Å². The van der Waals surface area contributed by atoms with Crippen LogP contribution in [0, 0.1) is 0 Å². The molecule has 1 aliphatic rings. The highest BCUT2D eigenvalue weighted by molar-refractivity contribution is 5.85. The Morgan fingerprint density at radius 2 is 2.08 bits per heavy atom. The molecule has 24 heavy (non-hydrogen) atoms. The number of nitrogens with zero attached hydrogens (tertiary/aromatic N) is 2. The first-order valence-electron chi connectivity index (χ1n) is 8.14. The van der Waals surface area contributed by atoms with E-state index in [1.54, 1.807) is 4.90 Å². The number of nitrogens with two attached hydrogens (primary N) is 1. The van der Waals surface area contributed by atoms with Gasteiger partial charge in [0.05, 0.1) is 5.52 Å². The third-order valence-electron chi connectivity index (χ3n) is 3.94. The van der Waals surface area contributed by atoms with E-state index in [-0.39, 0.29) is 6.09 Å². The molecule has 0 saturated heterocycles. The molecule has 1 aromatic carbocycles. The van der Waals surface area contributed by atoms with Crippen LogP contribution in [0.15, 0.2) is 36.5 Å². The van der Waals surface area contributed by atoms with Gasteiger partial charge in [-0.25, -0.2) is 4.79 Å². The summed E-state index contributed by atoms with van der Waals surface area (Å²) in [6.07, 6.45) is 4.48. The number of nitrogen functional groups attached to an aromatic ring is 1. The highest BCUT2D eigenvalue weighted by Crippen LogP contribution is 2.26. The normalized spacial score (nSPS) is 15.3. The Morgan fingerprint density at radius 1 is 1.29 bits per heavy atom. The Balaban J connectivity index is 1.76. The maximum Gasteiger partial charge on any atom is 0.410 e. The molecule has 2 aromatic rings. The Kier molecular flexibility index (Phi) is 4.18. The molecular weight excluding hydrogens is 302 g/mol. The van der Waals surface area contributed by atoms with Crippen molar-refractivity contribution in [1.82, 2.24) is 9.88 Å². The van der Waals surface area contributed by atoms with Crippen molar-refractivity contribution in [3.63, 3.8) is 0 Å². The van der Waals surface area contributed by atoms with Gasteiger partial charge in [-0.15, -0.1) is 0 Å². The van der Waals surface area contributed by atoms with E-state index in [0.29, 0.717) is 13.1 Å². The van der Waals surface area contributed by atoms with Gasteiger partial charge in [-0.2, -0.15) is 0 Å². The molecule has 2 N–H and O–H groups in total. The van der Waals surface area contributed by atoms with E-state index in [1.807, 2.05) is 45.2 Å². The number of hydrogen-bond acceptors (Lipinski definition) is 4. The second kappa shape index (κ2) is 6.15. The lowest BCUT2D eigenvalue weighted by Crippen LogP contribution is -2.39. The quantitative estimate of drug-likeness (QED) is 0.809. The first-order valence-corrected chi connectivity index (χ1v) is 8.14. The summed E-state index contributed by atoms with van der Waals surface area (Å²) in [5, 5.41) is 1.03. The van der Waals surface area contributed by atoms with Crippen LogP contribution in [0.3, 0.4) is 0 Å². The molecule has 0 bridgehead atoms. The number of carbonyl (C=O) groups is 1. The zero-order valence-electron chi connectivity index (χ0n) is 14.4. The minimum atomic E-state index is -0.469. The molecule has 5 nitrogen and oxygen atoms in total. The van der Waals surface area contributed by atoms with E-state index in [9.17, 15) is 4.79 Å². The molecule has 0 aliphatic carbocycles. The van der Waals surface area contributed by atoms with Gasteiger partial charge in [0.25, 0.3) is 0 Å². The smallest absolute Gasteiger partial charge is 0.410 e. The van der Waals surface area contributed by atoms with E-state index in [4.69, 9.17) is 10.5 Å². The fraction of sp³-hybridized carbons (Fsp3) is 0.368. The summed E-state index contributed by atoms with van der Waals surface area (Å²) >= 11 is 0. The zero-order valence-corrected chi connectivity index (χ0v) is 14.4. The van der Waals surface area contributed by atoms with Crippen LogP contribution >= 0.6 is 0 Å². The summed E-state index contributed by atoms with van der Waals surface area (Å²) in [4.78, 5) is 18.3. The molecule has 0 saturated carbocycles. The lowest BCUT2D eigenvalue weighted by atomic mass is 9.99. The van der Waals surface area contributed by atoms with Crippen molar-refractivity contribution in [1.29, 1.82) is 0 Å². The average molecular weight is 325 g/mol. The van der Waals surface area contributed by atoms with Crippen LogP contribution < -0.4 is 5.73 Å². The maximum atomic E-state index is 12.1. The fourth-order valence-electron chi connectivity index (χ4n) is 2.75. The molecule has 1 aliphatic heterocycles. The number of carbonyl (C=O) groups excluding carboxylic acids is 1. The van der Waals surface area contributed by atoms with Gasteiger partial charge >= 0.3 is 6.09 Å². The predicted molar refractivity (Wildman–Crippen MR) is 96.6 cm³/mol. The zero-order chi connectivity index (χ0) is 17.3. The van der Waals surface area contributed by atoms with E-state index in [1.165, 1.54) is 5.57 Å². The molecule has 3 rings (SSSR count). The lowest BCUT2D eigenvalue weighted by molar-refractivity contribution is 0.0270. The molecule has 2 heterocycles. The van der Waals surface area contributed by atoms with Gasteiger partial charge in [0.1, 0.15) is 5.60 Å². The highest BCUT2D eigenvalue weighted by atomic mass is 16.6. The monoisotopic (exact) mass is 325 g/mol. The summed E-state index contributed by atoms with van der Waals surface area (Å²) < 4.78 is 5.42. The number of fused-ring (bicyclic) bond motifs is 1. The van der Waals surface area contributed by atoms with Gasteiger partial charge in [0.2, 0.25) is 0 Å². The number of anilines is 1. The number of rotatable bonds is 1. The third-order valence-corrected chi connectivity index (χ3v) is 3.94. The largest absolute Gasteiger partial charge is 0.444 e. The van der Waals surface area contributed by atoms with Crippen LogP contribution in [0.4, 0.5) is 10.5 Å². The molecule has 0 unspecified atom stereocenters. The lowest BCUT2D eigenvalue weighted by Gasteiger charge is -2.29. The summed E-state index contributed by atoms with van der Waals surface area (Å²) in [7, 11) is 0. The van der Waals surface area contributed by atoms with Crippen molar-refractivity contribution in [2.75, 3.05) is 18.8 Å². The number of hydrogen-bond donors (Lipinski definition) is 1. The van der Waals surface area contributed by atoms with Crippen LogP contribution in [-0.4, -0.2) is 34.7 Å². The van der Waals surface area contributed by atoms with Crippen molar-refractivity contribution in [3.8, 4) is 0 Å². The van der Waals surface area contributed by atoms with Gasteiger partial charge in [-0.1, -0.05) is 6.08 Å². The molecule has 1 amide bonds. The van der Waals surface area contributed by atoms with Crippen molar-refractivity contribution in [2.45, 2.75) is 32.8 Å². The van der Waals surface area contributed by atoms with Gasteiger partial charge < -0.3 is 15.4 Å². The van der Waals surface area contributed by atoms with Crippen LogP contribution in [0.25, 0.3) is 16.5 Å². The third kappa shape index (κ3) is 3.67. The SMILES string of the molecule is CC(C)(C)OC(=O)N1CC=C(c2cnc3ccc(N)cc3c2)CC1. The fourth-order valence-corrected chi connectivity index (χ4v) is 2.75. The molecule has 0 spiro atoms. The Bertz CT molecular complexity index is 806. The Hall–Kier alpha value is -2.56. The maximum absolute atomic E-state index is 12.1. The van der Waals surface area contributed by atoms with Crippen molar-refractivity contribution >= 4 is 28.3 Å². The molecule has 5 heteroatoms. The average Bonchev–Trinajstić information content (AvgIpc) is 2.52. The van der Waals surface area contributed by atoms with Crippen LogP contribution in [-0.2, 0) is 4.74 Å². The van der Waals surface area contributed by atoms with Crippen LogP contribution in [0.5, 0.6) is 0 Å². The number of amides is 1. The predicted octanol–water partition coefficient (Wildman–Crippen LogP) is 3.84. The second-order valence-electron chi connectivity index (χ2n) is 7.08. The minimum Gasteiger partial charge on any atom is -0.444 e. The summed E-state index contributed by atoms with van der Waals surface area (Å²) in [5.74, 6) is 0. The summed E-state index contributed by atoms with van der Waals surface area (Å²) in [5.41, 5.74) is 9.33. The van der Waals surface area contributed by atoms with Gasteiger partial charge in [-0.3, -0.25) is 4.98 Å². The van der Waals surface area contributed by atoms with Crippen molar-refractivity contribution < 1.29 is 9.53 Å². The van der Waals surface area contributed by atoms with Crippen LogP contribution in [0.2, 0.25) is 0 Å². The summed E-state index contributed by atoms with van der Waals surface area (Å²) in [6, 6.07) is 7.82. The minimum absolute atomic E-state index is 0.262. The van der Waals surface area contributed by atoms with Gasteiger partial charge in [0.15, 0.2) is 0 Å². The summed E-state index contributed by atoms with van der Waals surface area (Å²) in [6.45, 7) is 6.84. The molecule has 126 valence electrons. The van der Waals surface area contributed by atoms with Gasteiger partial charge in [-0.05, 0) is 62.6 Å². The highest BCUT2D eigenvalue weighted by Gasteiger charge is 2.23. The second-order valence-corrected chi connectivity index (χ2v) is 7.08. The van der Waals surface area contributed by atoms with Gasteiger partial charge in [0, 0.05) is 30.4 Å².